The van der Waals surface area contributed by atoms with E-state index in [4.69, 9.17) is 9.47 Å². The summed E-state index contributed by atoms with van der Waals surface area (Å²) in [6.45, 7) is 9.88. The number of nitrogens with zero attached hydrogens (tertiary/aromatic N) is 1. The first-order chi connectivity index (χ1) is 15.2. The quantitative estimate of drug-likeness (QED) is 0.346. The van der Waals surface area contributed by atoms with Crippen molar-refractivity contribution in [2.45, 2.75) is 64.6 Å². The molecule has 0 amide bonds. The predicted molar refractivity (Wildman–Crippen MR) is 140 cm³/mol. The van der Waals surface area contributed by atoms with E-state index in [1.165, 1.54) is 28.0 Å². The van der Waals surface area contributed by atoms with Crippen LogP contribution in [0.3, 0.4) is 0 Å². The first kappa shape index (κ1) is 22.1. The standard InChI is InChI=1S/C27H29Br2NO2/c1-16-14-26(2,3)30(27(4)11-7-6-8-12-27)21-10-9-17-18(22(16)21)15-32-25-20(29)13-19(28)24(31-5)23(17)25/h6-7,9-10,13-14H,8,11-12,15H2,1-5H3. The van der Waals surface area contributed by atoms with Gasteiger partial charge in [-0.05, 0) is 102 Å². The Bertz CT molecular complexity index is 1160. The molecule has 2 aromatic carbocycles. The Morgan fingerprint density at radius 3 is 2.53 bits per heavy atom. The van der Waals surface area contributed by atoms with Crippen LogP contribution >= 0.6 is 31.9 Å². The lowest BCUT2D eigenvalue weighted by Gasteiger charge is -2.55. The molecule has 0 fully saturated rings. The molecule has 32 heavy (non-hydrogen) atoms. The maximum atomic E-state index is 6.35. The minimum absolute atomic E-state index is 0.0670. The second-order valence-corrected chi connectivity index (χ2v) is 11.6. The van der Waals surface area contributed by atoms with E-state index in [0.717, 1.165) is 45.3 Å². The molecular formula is C27H29Br2NO2. The molecule has 3 nitrogen and oxygen atoms in total. The fourth-order valence-corrected chi connectivity index (χ4v) is 7.52. The average Bonchev–Trinajstić information content (AvgIpc) is 2.72. The van der Waals surface area contributed by atoms with Crippen molar-refractivity contribution in [2.75, 3.05) is 12.0 Å². The van der Waals surface area contributed by atoms with Gasteiger partial charge in [0, 0.05) is 22.4 Å². The van der Waals surface area contributed by atoms with Crippen molar-refractivity contribution >= 4 is 43.1 Å². The number of benzene rings is 2. The molecule has 1 aliphatic carbocycles. The summed E-state index contributed by atoms with van der Waals surface area (Å²) in [6.07, 6.45) is 10.4. The lowest BCUT2D eigenvalue weighted by Crippen LogP contribution is -2.58. The molecule has 2 heterocycles. The van der Waals surface area contributed by atoms with Gasteiger partial charge < -0.3 is 14.4 Å². The van der Waals surface area contributed by atoms with E-state index < -0.39 is 0 Å². The first-order valence-corrected chi connectivity index (χ1v) is 12.8. The van der Waals surface area contributed by atoms with Gasteiger partial charge in [-0.25, -0.2) is 0 Å². The lowest BCUT2D eigenvalue weighted by atomic mass is 9.76. The van der Waals surface area contributed by atoms with Crippen molar-refractivity contribution in [1.29, 1.82) is 0 Å². The number of hydrogen-bond acceptors (Lipinski definition) is 3. The van der Waals surface area contributed by atoms with Gasteiger partial charge >= 0.3 is 0 Å². The minimum Gasteiger partial charge on any atom is -0.495 e. The molecule has 2 aromatic rings. The summed E-state index contributed by atoms with van der Waals surface area (Å²) in [4.78, 5) is 2.66. The molecule has 0 spiro atoms. The molecule has 0 N–H and O–H groups in total. The molecule has 5 heteroatoms. The van der Waals surface area contributed by atoms with E-state index in [0.29, 0.717) is 6.61 Å². The van der Waals surface area contributed by atoms with E-state index in [1.54, 1.807) is 7.11 Å². The maximum Gasteiger partial charge on any atom is 0.145 e. The third-order valence-electron chi connectivity index (χ3n) is 7.16. The second-order valence-electron chi connectivity index (χ2n) is 9.88. The number of ether oxygens (including phenoxy) is 2. The predicted octanol–water partition coefficient (Wildman–Crippen LogP) is 8.28. The minimum atomic E-state index is -0.0670. The Labute approximate surface area is 207 Å². The van der Waals surface area contributed by atoms with Gasteiger partial charge in [-0.3, -0.25) is 0 Å². The number of hydrogen-bond donors (Lipinski definition) is 0. The highest BCUT2D eigenvalue weighted by Gasteiger charge is 2.44. The van der Waals surface area contributed by atoms with E-state index >= 15 is 0 Å². The van der Waals surface area contributed by atoms with Crippen LogP contribution in [-0.4, -0.2) is 18.2 Å². The van der Waals surface area contributed by atoms with Gasteiger partial charge in [0.25, 0.3) is 0 Å². The fourth-order valence-electron chi connectivity index (χ4n) is 6.08. The van der Waals surface area contributed by atoms with Crippen LogP contribution in [0.15, 0.2) is 45.4 Å². The third-order valence-corrected chi connectivity index (χ3v) is 8.34. The molecule has 5 rings (SSSR count). The van der Waals surface area contributed by atoms with Crippen LogP contribution in [0.1, 0.15) is 58.1 Å². The fraction of sp³-hybridized carbons (Fsp3) is 0.407. The van der Waals surface area contributed by atoms with Crippen molar-refractivity contribution in [3.8, 4) is 22.6 Å². The number of methoxy groups -OCH3 is 1. The zero-order valence-corrected chi connectivity index (χ0v) is 22.5. The van der Waals surface area contributed by atoms with Crippen LogP contribution in [0.5, 0.6) is 11.5 Å². The normalized spacial score (nSPS) is 23.0. The smallest absolute Gasteiger partial charge is 0.145 e. The zero-order valence-electron chi connectivity index (χ0n) is 19.3. The SMILES string of the molecule is COc1c(Br)cc(Br)c2c1-c1ccc3c(c1CO2)C(C)=CC(C)(C)N3C1(C)CC=CCC1. The topological polar surface area (TPSA) is 21.7 Å². The molecule has 0 saturated heterocycles. The summed E-state index contributed by atoms with van der Waals surface area (Å²) < 4.78 is 14.0. The molecule has 0 radical (unpaired) electrons. The van der Waals surface area contributed by atoms with Crippen LogP contribution in [0.4, 0.5) is 5.69 Å². The molecule has 3 aliphatic rings. The number of anilines is 1. The van der Waals surface area contributed by atoms with Gasteiger partial charge in [-0.1, -0.05) is 24.3 Å². The van der Waals surface area contributed by atoms with Gasteiger partial charge in [-0.15, -0.1) is 0 Å². The molecule has 1 unspecified atom stereocenters. The highest BCUT2D eigenvalue weighted by Crippen LogP contribution is 2.55. The van der Waals surface area contributed by atoms with Gasteiger partial charge in [0.05, 0.1) is 27.2 Å². The van der Waals surface area contributed by atoms with Crippen LogP contribution in [0, 0.1) is 0 Å². The highest BCUT2D eigenvalue weighted by molar-refractivity contribution is 9.11. The Kier molecular flexibility index (Phi) is 5.29. The third kappa shape index (κ3) is 3.19. The molecule has 2 aliphatic heterocycles. The molecule has 1 atom stereocenters. The number of rotatable bonds is 2. The molecule has 0 aromatic heterocycles. The first-order valence-electron chi connectivity index (χ1n) is 11.2. The molecule has 0 saturated carbocycles. The lowest BCUT2D eigenvalue weighted by molar-refractivity contribution is 0.295. The van der Waals surface area contributed by atoms with Gasteiger partial charge in [0.1, 0.15) is 18.1 Å². The van der Waals surface area contributed by atoms with Crippen LogP contribution in [0.25, 0.3) is 16.7 Å². The van der Waals surface area contributed by atoms with Crippen LogP contribution < -0.4 is 14.4 Å². The second kappa shape index (κ2) is 7.66. The van der Waals surface area contributed by atoms with E-state index in [2.05, 4.69) is 94.8 Å². The monoisotopic (exact) mass is 557 g/mol. The van der Waals surface area contributed by atoms with E-state index in [9.17, 15) is 0 Å². The molecule has 0 bridgehead atoms. The Morgan fingerprint density at radius 2 is 1.84 bits per heavy atom. The molecule has 168 valence electrons. The van der Waals surface area contributed by atoms with E-state index in [-0.39, 0.29) is 11.1 Å². The molecular weight excluding hydrogens is 530 g/mol. The summed E-state index contributed by atoms with van der Waals surface area (Å²) in [6, 6.07) is 6.58. The van der Waals surface area contributed by atoms with Gasteiger partial charge in [0.15, 0.2) is 0 Å². The largest absolute Gasteiger partial charge is 0.495 e. The van der Waals surface area contributed by atoms with Crippen molar-refractivity contribution in [2.24, 2.45) is 0 Å². The maximum absolute atomic E-state index is 6.35. The summed E-state index contributed by atoms with van der Waals surface area (Å²) >= 11 is 7.35. The van der Waals surface area contributed by atoms with E-state index in [1.807, 2.05) is 6.07 Å². The summed E-state index contributed by atoms with van der Waals surface area (Å²) in [5.41, 5.74) is 7.38. The van der Waals surface area contributed by atoms with Crippen LogP contribution in [0.2, 0.25) is 0 Å². The van der Waals surface area contributed by atoms with Crippen LogP contribution in [-0.2, 0) is 6.61 Å². The number of allylic oxidation sites excluding steroid dienone is 2. The Hall–Kier alpha value is -1.72. The Morgan fingerprint density at radius 1 is 1.06 bits per heavy atom. The summed E-state index contributed by atoms with van der Waals surface area (Å²) in [5, 5.41) is 0. The number of fused-ring (bicyclic) bond motifs is 5. The van der Waals surface area contributed by atoms with Crippen molar-refractivity contribution < 1.29 is 9.47 Å². The average molecular weight is 559 g/mol. The summed E-state index contributed by atoms with van der Waals surface area (Å²) in [7, 11) is 1.72. The van der Waals surface area contributed by atoms with Gasteiger partial charge in [-0.2, -0.15) is 0 Å². The zero-order chi connectivity index (χ0) is 22.8. The van der Waals surface area contributed by atoms with Crippen molar-refractivity contribution in [1.82, 2.24) is 0 Å². The van der Waals surface area contributed by atoms with Gasteiger partial charge in [0.2, 0.25) is 0 Å². The number of halogens is 2. The van der Waals surface area contributed by atoms with Crippen molar-refractivity contribution in [3.63, 3.8) is 0 Å². The van der Waals surface area contributed by atoms with Crippen molar-refractivity contribution in [3.05, 3.63) is 56.5 Å². The highest BCUT2D eigenvalue weighted by atomic mass is 79.9. The summed E-state index contributed by atoms with van der Waals surface area (Å²) in [5.74, 6) is 1.65. The Balaban J connectivity index is 1.77.